The summed E-state index contributed by atoms with van der Waals surface area (Å²) in [4.78, 5) is 92.0. The molecule has 354 valence electrons. The van der Waals surface area contributed by atoms with Crippen LogP contribution in [0.3, 0.4) is 0 Å². The molecule has 0 saturated carbocycles. The fourth-order valence-corrected chi connectivity index (χ4v) is 8.61. The first kappa shape index (κ1) is 54.2. The Morgan fingerprint density at radius 1 is 0.790 bits per heavy atom. The summed E-state index contributed by atoms with van der Waals surface area (Å²) >= 11 is 0. The zero-order chi connectivity index (χ0) is 47.1. The van der Waals surface area contributed by atoms with Gasteiger partial charge in [-0.2, -0.15) is 0 Å². The predicted octanol–water partition coefficient (Wildman–Crippen LogP) is 6.50. The number of Topliss-reactive ketones (excluding diaryl/α,β-unsaturated/α-hetero) is 1. The Hall–Kier alpha value is -3.89. The molecule has 2 rings (SSSR count). The third-order valence-electron chi connectivity index (χ3n) is 10.8. The number of methoxy groups -OCH3 is 1. The summed E-state index contributed by atoms with van der Waals surface area (Å²) in [6.07, 6.45) is -4.19. The lowest BCUT2D eigenvalue weighted by Crippen LogP contribution is -2.59. The van der Waals surface area contributed by atoms with Gasteiger partial charge in [0.15, 0.2) is 17.7 Å². The quantitative estimate of drug-likeness (QED) is 0.0659. The van der Waals surface area contributed by atoms with Gasteiger partial charge in [-0.1, -0.05) is 61.5 Å². The van der Waals surface area contributed by atoms with Crippen molar-refractivity contribution in [1.82, 2.24) is 0 Å². The van der Waals surface area contributed by atoms with E-state index in [4.69, 9.17) is 37.9 Å². The summed E-state index contributed by atoms with van der Waals surface area (Å²) in [5.41, 5.74) is 0.145. The molecule has 0 aromatic rings. The number of rotatable bonds is 23. The van der Waals surface area contributed by atoms with Gasteiger partial charge in [0, 0.05) is 57.4 Å². The van der Waals surface area contributed by atoms with Gasteiger partial charge in [0.05, 0.1) is 26.2 Å². The monoisotopic (exact) mass is 882 g/mol. The second-order valence-corrected chi connectivity index (χ2v) is 18.3. The Bertz CT molecular complexity index is 1570. The molecule has 11 atom stereocenters. The summed E-state index contributed by atoms with van der Waals surface area (Å²) in [5, 5.41) is 11.6. The minimum absolute atomic E-state index is 0.0473. The molecule has 0 aliphatic carbocycles. The lowest BCUT2D eigenvalue weighted by atomic mass is 9.78. The molecule has 2 heterocycles. The first-order chi connectivity index (χ1) is 28.9. The van der Waals surface area contributed by atoms with Gasteiger partial charge in [-0.25, -0.2) is 4.79 Å². The maximum absolute atomic E-state index is 14.1. The highest BCUT2D eigenvalue weighted by atomic mass is 16.8. The Morgan fingerprint density at radius 3 is 1.90 bits per heavy atom. The van der Waals surface area contributed by atoms with E-state index in [0.717, 1.165) is 6.92 Å². The average molecular weight is 883 g/mol. The summed E-state index contributed by atoms with van der Waals surface area (Å²) < 4.78 is 47.7. The fourth-order valence-electron chi connectivity index (χ4n) is 8.61. The second-order valence-electron chi connectivity index (χ2n) is 18.3. The van der Waals surface area contributed by atoms with Gasteiger partial charge in [0.2, 0.25) is 0 Å². The van der Waals surface area contributed by atoms with E-state index in [1.54, 1.807) is 20.8 Å². The van der Waals surface area contributed by atoms with E-state index in [2.05, 4.69) is 0 Å². The van der Waals surface area contributed by atoms with Crippen molar-refractivity contribution >= 4 is 41.6 Å². The van der Waals surface area contributed by atoms with Crippen molar-refractivity contribution < 1.29 is 76.6 Å². The highest BCUT2D eigenvalue weighted by Gasteiger charge is 2.55. The van der Waals surface area contributed by atoms with E-state index in [9.17, 15) is 38.7 Å². The number of ketones is 1. The van der Waals surface area contributed by atoms with Gasteiger partial charge in [-0.15, -0.1) is 0 Å². The van der Waals surface area contributed by atoms with Gasteiger partial charge >= 0.3 is 35.8 Å². The summed E-state index contributed by atoms with van der Waals surface area (Å²) in [5.74, 6) is -10.5. The third-order valence-corrected chi connectivity index (χ3v) is 10.8. The maximum Gasteiger partial charge on any atom is 0.333 e. The van der Waals surface area contributed by atoms with Crippen molar-refractivity contribution in [3.8, 4) is 0 Å². The Balaban J connectivity index is 2.84. The molecule has 16 nitrogen and oxygen atoms in total. The van der Waals surface area contributed by atoms with Crippen molar-refractivity contribution in [3.05, 3.63) is 11.6 Å². The fraction of sp³-hybridized carbons (Fsp3) is 0.804. The van der Waals surface area contributed by atoms with E-state index < -0.39 is 89.7 Å². The number of carbonyl (C=O) groups is 7. The Labute approximate surface area is 367 Å². The molecule has 0 unspecified atom stereocenters. The Morgan fingerprint density at radius 2 is 1.37 bits per heavy atom. The molecule has 2 aliphatic heterocycles. The van der Waals surface area contributed by atoms with Crippen LogP contribution in [0.1, 0.15) is 147 Å². The van der Waals surface area contributed by atoms with E-state index >= 15 is 0 Å². The van der Waals surface area contributed by atoms with Gasteiger partial charge < -0.3 is 43.0 Å². The summed E-state index contributed by atoms with van der Waals surface area (Å²) in [6.45, 7) is 20.0. The molecule has 2 aliphatic rings. The van der Waals surface area contributed by atoms with E-state index in [1.165, 1.54) is 27.0 Å². The molecule has 0 amide bonds. The molecule has 0 bridgehead atoms. The number of carbonyl (C=O) groups excluding carboxylic acids is 7. The molecule has 1 N–H and O–H groups in total. The van der Waals surface area contributed by atoms with Gasteiger partial charge in [-0.3, -0.25) is 28.8 Å². The minimum atomic E-state index is -1.78. The second kappa shape index (κ2) is 24.8. The van der Waals surface area contributed by atoms with Crippen molar-refractivity contribution in [3.63, 3.8) is 0 Å². The third kappa shape index (κ3) is 17.3. The van der Waals surface area contributed by atoms with Crippen molar-refractivity contribution in [2.75, 3.05) is 13.7 Å². The van der Waals surface area contributed by atoms with Crippen LogP contribution in [0, 0.1) is 35.5 Å². The first-order valence-corrected chi connectivity index (χ1v) is 22.1. The molecule has 0 radical (unpaired) electrons. The number of hydrogen-bond donors (Lipinski definition) is 1. The van der Waals surface area contributed by atoms with Gasteiger partial charge in [-0.05, 0) is 63.2 Å². The molecule has 62 heavy (non-hydrogen) atoms. The minimum Gasteiger partial charge on any atom is -0.466 e. The van der Waals surface area contributed by atoms with E-state index in [-0.39, 0.29) is 86.6 Å². The van der Waals surface area contributed by atoms with Crippen LogP contribution >= 0.6 is 0 Å². The summed E-state index contributed by atoms with van der Waals surface area (Å²) in [6, 6.07) is 0. The van der Waals surface area contributed by atoms with Crippen LogP contribution < -0.4 is 0 Å². The standard InChI is InChI=1S/C46H74O16/c1-14-37(49)58-34(17-16-30(9)43(52)55-13)40(44(53)56-15-2)42(57-33(12)48)35(59-38(50)18-26(3)4)21-31(10)41(60-39(51)19-27(5)6)36-20-28(7)23-46(61-36)24-29(8)22-45(54,62-46)25-32(11)47/h16,26-29,31,34-36,40-42,54H,14-15,17-25H2,1-13H3/b30-16+/t28-,29+,31-,34-,35+,36-,40-,41-,42-,45-,46-/m0/s1. The molecule has 0 aromatic heterocycles. The molecule has 16 heteroatoms. The van der Waals surface area contributed by atoms with Crippen molar-refractivity contribution in [1.29, 1.82) is 0 Å². The number of aliphatic hydroxyl groups is 1. The van der Waals surface area contributed by atoms with Crippen molar-refractivity contribution in [2.24, 2.45) is 35.5 Å². The molecule has 1 spiro atoms. The predicted molar refractivity (Wildman–Crippen MR) is 224 cm³/mol. The highest BCUT2D eigenvalue weighted by Crippen LogP contribution is 2.48. The van der Waals surface area contributed by atoms with Crippen LogP contribution in [0.5, 0.6) is 0 Å². The van der Waals surface area contributed by atoms with Gasteiger partial charge in [0.1, 0.15) is 30.0 Å². The maximum atomic E-state index is 14.1. The molecule has 2 fully saturated rings. The Kier molecular flexibility index (Phi) is 21.7. The number of esters is 6. The normalized spacial score (nSPS) is 25.7. The number of hydrogen-bond acceptors (Lipinski definition) is 16. The SMILES string of the molecule is CCOC(=O)[C@H]([C@@H](OC(C)=O)[C@@H](C[C@H](C)[C@H](OC(=O)CC(C)C)[C@@H]1C[C@H](C)C[C@]2(C[C@H](C)C[C@@](O)(CC(C)=O)O2)O1)OC(=O)CC(C)C)[C@H](C/C=C(\C)C(=O)OC)OC(=O)CC. The van der Waals surface area contributed by atoms with Crippen LogP contribution in [-0.4, -0.2) is 103 Å². The smallest absolute Gasteiger partial charge is 0.333 e. The topological polar surface area (TPSA) is 214 Å². The van der Waals surface area contributed by atoms with Gasteiger partial charge in [0.25, 0.3) is 0 Å². The van der Waals surface area contributed by atoms with Crippen molar-refractivity contribution in [2.45, 2.75) is 189 Å². The van der Waals surface area contributed by atoms with Crippen LogP contribution in [0.15, 0.2) is 11.6 Å². The zero-order valence-electron chi connectivity index (χ0n) is 39.3. The molecular formula is C46H74O16. The number of ether oxygens (including phenoxy) is 8. The molecular weight excluding hydrogens is 808 g/mol. The van der Waals surface area contributed by atoms with Crippen LogP contribution in [0.25, 0.3) is 0 Å². The van der Waals surface area contributed by atoms with E-state index in [1.807, 2.05) is 41.5 Å². The van der Waals surface area contributed by atoms with Crippen LogP contribution in [-0.2, 0) is 71.5 Å². The molecule has 0 aromatic carbocycles. The largest absolute Gasteiger partial charge is 0.466 e. The summed E-state index contributed by atoms with van der Waals surface area (Å²) in [7, 11) is 1.20. The first-order valence-electron chi connectivity index (χ1n) is 22.1. The lowest BCUT2D eigenvalue weighted by Gasteiger charge is -2.53. The van der Waals surface area contributed by atoms with Crippen LogP contribution in [0.4, 0.5) is 0 Å². The zero-order valence-corrected chi connectivity index (χ0v) is 39.3. The average Bonchev–Trinajstić information content (AvgIpc) is 3.12. The highest BCUT2D eigenvalue weighted by molar-refractivity contribution is 5.87. The van der Waals surface area contributed by atoms with Crippen LogP contribution in [0.2, 0.25) is 0 Å². The van der Waals surface area contributed by atoms with E-state index in [0.29, 0.717) is 19.3 Å². The lowest BCUT2D eigenvalue weighted by molar-refractivity contribution is -0.405. The molecule has 2 saturated heterocycles.